The number of amides is 2. The van der Waals surface area contributed by atoms with E-state index in [0.717, 1.165) is 27.1 Å². The minimum atomic E-state index is -3.23. The summed E-state index contributed by atoms with van der Waals surface area (Å²) in [6.07, 6.45) is 0.714. The van der Waals surface area contributed by atoms with Gasteiger partial charge < -0.3 is 24.1 Å². The van der Waals surface area contributed by atoms with E-state index in [0.29, 0.717) is 25.9 Å². The lowest BCUT2D eigenvalue weighted by Crippen LogP contribution is -2.70. The van der Waals surface area contributed by atoms with Crippen LogP contribution in [-0.2, 0) is 34.7 Å². The first kappa shape index (κ1) is 38.2. The molecule has 0 spiro atoms. The van der Waals surface area contributed by atoms with Crippen LogP contribution in [0, 0.1) is 0 Å². The van der Waals surface area contributed by atoms with Gasteiger partial charge >= 0.3 is 5.97 Å². The summed E-state index contributed by atoms with van der Waals surface area (Å²) in [7, 11) is -1.96. The molecule has 2 amide bonds. The predicted octanol–water partition coefficient (Wildman–Crippen LogP) is 6.04. The van der Waals surface area contributed by atoms with Crippen molar-refractivity contribution in [1.82, 2.24) is 10.2 Å². The topological polar surface area (TPSA) is 94.2 Å². The zero-order valence-corrected chi connectivity index (χ0v) is 32.0. The maximum atomic E-state index is 14.7. The van der Waals surface area contributed by atoms with E-state index < -0.39 is 37.6 Å². The third-order valence-corrected chi connectivity index (χ3v) is 14.5. The molecule has 1 heterocycles. The van der Waals surface area contributed by atoms with E-state index in [1.807, 2.05) is 61.5 Å². The summed E-state index contributed by atoms with van der Waals surface area (Å²) in [5.41, 5.74) is 3.34. The zero-order valence-electron chi connectivity index (χ0n) is 31.0. The quantitative estimate of drug-likeness (QED) is 0.134. The van der Waals surface area contributed by atoms with Gasteiger partial charge in [-0.3, -0.25) is 9.59 Å². The number of hydrogen-bond acceptors (Lipinski definition) is 6. The molecule has 1 aliphatic rings. The number of carbonyl (C=O) groups excluding carboxylic acids is 3. The van der Waals surface area contributed by atoms with Gasteiger partial charge in [0.05, 0.1) is 13.2 Å². The van der Waals surface area contributed by atoms with Crippen LogP contribution in [0.25, 0.3) is 11.1 Å². The van der Waals surface area contributed by atoms with Gasteiger partial charge in [-0.1, -0.05) is 143 Å². The van der Waals surface area contributed by atoms with Crippen LogP contribution in [-0.4, -0.2) is 69.5 Å². The van der Waals surface area contributed by atoms with Crippen molar-refractivity contribution in [2.75, 3.05) is 20.2 Å². The van der Waals surface area contributed by atoms with Gasteiger partial charge in [-0.25, -0.2) is 4.79 Å². The summed E-state index contributed by atoms with van der Waals surface area (Å²) in [6, 6.07) is 37.8. The monoisotopic (exact) mass is 718 g/mol. The molecule has 0 saturated heterocycles. The Hall–Kier alpha value is -4.99. The average Bonchev–Trinajstić information content (AvgIpc) is 3.16. The number of nitrogens with one attached hydrogen (secondary N) is 1. The van der Waals surface area contributed by atoms with Gasteiger partial charge in [0.1, 0.15) is 6.04 Å². The van der Waals surface area contributed by atoms with Crippen LogP contribution in [0.3, 0.4) is 0 Å². The number of ether oxygens (including phenoxy) is 2. The van der Waals surface area contributed by atoms with Gasteiger partial charge in [-0.2, -0.15) is 0 Å². The highest BCUT2D eigenvalue weighted by molar-refractivity contribution is 6.99. The molecule has 0 bridgehead atoms. The Balaban J connectivity index is 1.52. The Kier molecular flexibility index (Phi) is 12.5. The fourth-order valence-corrected chi connectivity index (χ4v) is 11.7. The van der Waals surface area contributed by atoms with Crippen LogP contribution in [0.4, 0.5) is 0 Å². The smallest absolute Gasteiger partial charge is 0.373 e. The molecule has 0 unspecified atom stereocenters. The lowest BCUT2D eigenvalue weighted by atomic mass is 9.98. The molecule has 0 saturated carbocycles. The van der Waals surface area contributed by atoms with Crippen molar-refractivity contribution in [2.24, 2.45) is 0 Å². The van der Waals surface area contributed by atoms with Crippen LogP contribution in [0.1, 0.15) is 46.6 Å². The molecule has 1 N–H and O–H groups in total. The Morgan fingerprint density at radius 1 is 0.788 bits per heavy atom. The predicted molar refractivity (Wildman–Crippen MR) is 208 cm³/mol. The molecule has 1 aliphatic heterocycles. The second-order valence-corrected chi connectivity index (χ2v) is 18.4. The fraction of sp³-hybridized carbons (Fsp3) is 0.326. The van der Waals surface area contributed by atoms with Crippen molar-refractivity contribution < 1.29 is 28.3 Å². The highest BCUT2D eigenvalue weighted by Crippen LogP contribution is 2.39. The second-order valence-electron chi connectivity index (χ2n) is 14.2. The summed E-state index contributed by atoms with van der Waals surface area (Å²) in [5.74, 6) is -1.54. The van der Waals surface area contributed by atoms with Crippen molar-refractivity contribution in [2.45, 2.75) is 70.7 Å². The number of esters is 1. The molecule has 8 nitrogen and oxygen atoms in total. The molecule has 9 heteroatoms. The van der Waals surface area contributed by atoms with Gasteiger partial charge in [-0.05, 0) is 51.0 Å². The summed E-state index contributed by atoms with van der Waals surface area (Å²) in [5, 5.41) is 4.61. The Bertz CT molecular complexity index is 1790. The van der Waals surface area contributed by atoms with Crippen LogP contribution in [0.15, 0.2) is 127 Å². The minimum absolute atomic E-state index is 0.127. The summed E-state index contributed by atoms with van der Waals surface area (Å²) < 4.78 is 18.8. The molecule has 0 radical (unpaired) electrons. The largest absolute Gasteiger partial charge is 0.471 e. The molecule has 4 aromatic carbocycles. The number of rotatable bonds is 13. The molecular weight excluding hydrogens is 669 g/mol. The van der Waals surface area contributed by atoms with E-state index in [1.165, 1.54) is 14.0 Å². The maximum absolute atomic E-state index is 14.7. The van der Waals surface area contributed by atoms with E-state index in [4.69, 9.17) is 13.9 Å². The standard InChI is InChI=1S/C43H50N2O6Si/c1-7-28-45(29-27-32-23-25-34(26-24-32)33-17-11-8-12-18-33)41(47)40-39(44-31(2)46)37(30-38(50-40)42(48)49-6)51-52(43(3,4)5,35-19-13-9-14-20-35)36-21-15-10-16-22-36/h8-26,30,37,39-40H,7,27-29H2,1-6H3,(H,44,46)/t37-,39+,40-/m1/s1. The van der Waals surface area contributed by atoms with E-state index in [1.54, 1.807) is 11.0 Å². The number of nitrogens with zero attached hydrogens (tertiary/aromatic N) is 1. The van der Waals surface area contributed by atoms with E-state index in [2.05, 4.69) is 86.8 Å². The first-order chi connectivity index (χ1) is 25.0. The Labute approximate surface area is 308 Å². The van der Waals surface area contributed by atoms with E-state index in [-0.39, 0.29) is 17.6 Å². The molecule has 52 heavy (non-hydrogen) atoms. The van der Waals surface area contributed by atoms with Crippen molar-refractivity contribution in [1.29, 1.82) is 0 Å². The number of benzene rings is 4. The molecular formula is C43H50N2O6Si. The van der Waals surface area contributed by atoms with Crippen molar-refractivity contribution in [3.8, 4) is 11.1 Å². The SMILES string of the molecule is CCCN(CCc1ccc(-c2ccccc2)cc1)C(=O)[C@@H]1OC(C(=O)OC)=C[C@@H](O[Si](c2ccccc2)(c2ccccc2)C(C)(C)C)[C@@H]1NC(C)=O. The summed E-state index contributed by atoms with van der Waals surface area (Å²) in [6.45, 7) is 10.7. The normalized spacial score (nSPS) is 17.3. The first-order valence-electron chi connectivity index (χ1n) is 17.9. The van der Waals surface area contributed by atoms with E-state index >= 15 is 0 Å². The van der Waals surface area contributed by atoms with Crippen molar-refractivity contribution in [3.05, 3.63) is 133 Å². The van der Waals surface area contributed by atoms with Crippen molar-refractivity contribution >= 4 is 36.5 Å². The van der Waals surface area contributed by atoms with Crippen LogP contribution in [0.2, 0.25) is 5.04 Å². The fourth-order valence-electron chi connectivity index (χ4n) is 7.03. The van der Waals surface area contributed by atoms with Gasteiger partial charge in [0.15, 0.2) is 6.10 Å². The first-order valence-corrected chi connectivity index (χ1v) is 19.8. The molecule has 272 valence electrons. The van der Waals surface area contributed by atoms with Crippen LogP contribution < -0.4 is 15.7 Å². The Morgan fingerprint density at radius 3 is 1.83 bits per heavy atom. The minimum Gasteiger partial charge on any atom is -0.471 e. The molecule has 5 rings (SSSR count). The number of carbonyl (C=O) groups is 3. The highest BCUT2D eigenvalue weighted by atomic mass is 28.4. The highest BCUT2D eigenvalue weighted by Gasteiger charge is 2.54. The number of methoxy groups -OCH3 is 1. The third kappa shape index (κ3) is 8.54. The van der Waals surface area contributed by atoms with Crippen LogP contribution >= 0.6 is 0 Å². The average molecular weight is 719 g/mol. The number of hydrogen-bond donors (Lipinski definition) is 1. The maximum Gasteiger partial charge on any atom is 0.373 e. The van der Waals surface area contributed by atoms with Gasteiger partial charge in [0.25, 0.3) is 14.2 Å². The van der Waals surface area contributed by atoms with E-state index in [9.17, 15) is 14.4 Å². The lowest BCUT2D eigenvalue weighted by Gasteiger charge is -2.47. The summed E-state index contributed by atoms with van der Waals surface area (Å²) >= 11 is 0. The van der Waals surface area contributed by atoms with Gasteiger partial charge in [0.2, 0.25) is 11.7 Å². The van der Waals surface area contributed by atoms with Crippen LogP contribution in [0.5, 0.6) is 0 Å². The van der Waals surface area contributed by atoms with Crippen molar-refractivity contribution in [3.63, 3.8) is 0 Å². The van der Waals surface area contributed by atoms with Gasteiger partial charge in [0, 0.05) is 20.0 Å². The molecule has 0 fully saturated rings. The molecule has 4 aromatic rings. The van der Waals surface area contributed by atoms with Gasteiger partial charge in [-0.15, -0.1) is 0 Å². The lowest BCUT2D eigenvalue weighted by molar-refractivity contribution is -0.152. The Morgan fingerprint density at radius 2 is 1.33 bits per heavy atom. The molecule has 3 atom stereocenters. The summed E-state index contributed by atoms with van der Waals surface area (Å²) in [4.78, 5) is 42.5. The zero-order chi connectivity index (χ0) is 37.3. The molecule has 0 aliphatic carbocycles. The molecule has 0 aromatic heterocycles. The second kappa shape index (κ2) is 17.0. The third-order valence-electron chi connectivity index (χ3n) is 9.52.